The van der Waals surface area contributed by atoms with E-state index in [1.807, 2.05) is 0 Å². The molecular weight excluding hydrogens is 522 g/mol. The van der Waals surface area contributed by atoms with Crippen molar-refractivity contribution in [1.82, 2.24) is 19.3 Å². The fraction of sp³-hybridized carbons (Fsp3) is 0.241. The molecule has 7 nitrogen and oxygen atoms in total. The second kappa shape index (κ2) is 11.5. The molecule has 5 rings (SSSR count). The molecule has 3 aromatic carbocycles. The molecule has 4 aromatic rings. The lowest BCUT2D eigenvalue weighted by molar-refractivity contribution is 0.259. The zero-order valence-corrected chi connectivity index (χ0v) is 22.2. The second-order valence-corrected chi connectivity index (χ2v) is 11.1. The molecule has 0 bridgehead atoms. The Hall–Kier alpha value is -3.89. The van der Waals surface area contributed by atoms with Gasteiger partial charge in [0.1, 0.15) is 22.3 Å². The Morgan fingerprint density at radius 2 is 1.49 bits per heavy atom. The molecule has 2 heterocycles. The van der Waals surface area contributed by atoms with E-state index in [9.17, 15) is 17.2 Å². The van der Waals surface area contributed by atoms with E-state index >= 15 is 0 Å². The summed E-state index contributed by atoms with van der Waals surface area (Å²) in [6, 6.07) is 19.2. The van der Waals surface area contributed by atoms with E-state index in [1.54, 1.807) is 42.5 Å². The number of nitrogens with zero attached hydrogens (tertiary/aromatic N) is 4. The van der Waals surface area contributed by atoms with Gasteiger partial charge in [0.2, 0.25) is 0 Å². The minimum atomic E-state index is -3.93. The zero-order chi connectivity index (χ0) is 27.4. The van der Waals surface area contributed by atoms with Crippen molar-refractivity contribution < 1.29 is 21.9 Å². The number of hydrogen-bond donors (Lipinski definition) is 0. The lowest BCUT2D eigenvalue weighted by Gasteiger charge is -2.30. The molecule has 0 radical (unpaired) electrons. The molecule has 0 atom stereocenters. The Labute approximate surface area is 226 Å². The number of benzene rings is 3. The summed E-state index contributed by atoms with van der Waals surface area (Å²) in [5, 5.41) is 7.94. The van der Waals surface area contributed by atoms with Crippen LogP contribution in [0, 0.1) is 11.6 Å². The maximum Gasteiger partial charge on any atom is 0.288 e. The quantitative estimate of drug-likeness (QED) is 0.309. The van der Waals surface area contributed by atoms with Crippen LogP contribution in [0.25, 0.3) is 5.57 Å². The SMILES string of the molecule is COc1ccccc1S(=O)(=O)n1cc(CCN2CCC(=C(c3ccc(F)cc3)c3ccc(F)cc3)CC2)nn1. The van der Waals surface area contributed by atoms with Crippen LogP contribution in [0.5, 0.6) is 5.75 Å². The fourth-order valence-corrected chi connectivity index (χ4v) is 6.07. The molecule has 10 heteroatoms. The smallest absolute Gasteiger partial charge is 0.288 e. The van der Waals surface area contributed by atoms with Gasteiger partial charge in [-0.3, -0.25) is 0 Å². The van der Waals surface area contributed by atoms with Crippen molar-refractivity contribution in [2.24, 2.45) is 0 Å². The van der Waals surface area contributed by atoms with Crippen LogP contribution in [0.3, 0.4) is 0 Å². The summed E-state index contributed by atoms with van der Waals surface area (Å²) >= 11 is 0. The molecule has 0 spiro atoms. The van der Waals surface area contributed by atoms with Crippen LogP contribution in [0.4, 0.5) is 8.78 Å². The lowest BCUT2D eigenvalue weighted by Crippen LogP contribution is -2.33. The van der Waals surface area contributed by atoms with E-state index in [4.69, 9.17) is 4.74 Å². The maximum absolute atomic E-state index is 13.6. The van der Waals surface area contributed by atoms with Gasteiger partial charge < -0.3 is 9.64 Å². The number of likely N-dealkylation sites (tertiary alicyclic amines) is 1. The average molecular weight is 551 g/mol. The Bertz CT molecular complexity index is 1530. The van der Waals surface area contributed by atoms with Gasteiger partial charge in [0.05, 0.1) is 19.0 Å². The highest BCUT2D eigenvalue weighted by Gasteiger charge is 2.24. The van der Waals surface area contributed by atoms with Crippen molar-refractivity contribution in [3.8, 4) is 5.75 Å². The first-order valence-corrected chi connectivity index (χ1v) is 14.1. The van der Waals surface area contributed by atoms with Crippen molar-refractivity contribution in [2.45, 2.75) is 24.2 Å². The number of halogens is 2. The molecule has 1 saturated heterocycles. The first-order chi connectivity index (χ1) is 18.8. The van der Waals surface area contributed by atoms with Crippen LogP contribution < -0.4 is 4.74 Å². The largest absolute Gasteiger partial charge is 0.495 e. The van der Waals surface area contributed by atoms with Gasteiger partial charge in [-0.05, 0) is 65.9 Å². The first-order valence-electron chi connectivity index (χ1n) is 12.6. The van der Waals surface area contributed by atoms with E-state index in [1.165, 1.54) is 49.2 Å². The van der Waals surface area contributed by atoms with Crippen LogP contribution in [-0.4, -0.2) is 54.5 Å². The fourth-order valence-electron chi connectivity index (χ4n) is 4.82. The van der Waals surface area contributed by atoms with Crippen molar-refractivity contribution in [1.29, 1.82) is 0 Å². The highest BCUT2D eigenvalue weighted by Crippen LogP contribution is 2.33. The number of rotatable bonds is 8. The molecular formula is C29H28F2N4O3S. The van der Waals surface area contributed by atoms with Gasteiger partial charge in [-0.25, -0.2) is 8.78 Å². The van der Waals surface area contributed by atoms with Gasteiger partial charge in [0.25, 0.3) is 10.0 Å². The van der Waals surface area contributed by atoms with Crippen LogP contribution in [-0.2, 0) is 16.4 Å². The molecule has 0 amide bonds. The summed E-state index contributed by atoms with van der Waals surface area (Å²) in [5.74, 6) is -0.360. The van der Waals surface area contributed by atoms with Crippen molar-refractivity contribution in [3.05, 3.63) is 113 Å². The number of methoxy groups -OCH3 is 1. The van der Waals surface area contributed by atoms with Gasteiger partial charge in [0, 0.05) is 26.1 Å². The van der Waals surface area contributed by atoms with Crippen LogP contribution in [0.1, 0.15) is 29.7 Å². The summed E-state index contributed by atoms with van der Waals surface area (Å²) < 4.78 is 59.3. The van der Waals surface area contributed by atoms with E-state index < -0.39 is 10.0 Å². The van der Waals surface area contributed by atoms with Crippen molar-refractivity contribution >= 4 is 15.6 Å². The molecule has 1 aliphatic heterocycles. The first kappa shape index (κ1) is 26.7. The Morgan fingerprint density at radius 1 is 0.897 bits per heavy atom. The van der Waals surface area contributed by atoms with Crippen LogP contribution in [0.2, 0.25) is 0 Å². The minimum Gasteiger partial charge on any atom is -0.495 e. The summed E-state index contributed by atoms with van der Waals surface area (Å²) in [6.07, 6.45) is 3.60. The number of piperidine rings is 1. The monoisotopic (exact) mass is 550 g/mol. The standard InChI is InChI=1S/C29H28F2N4O3S/c1-38-27-4-2-3-5-28(27)39(36,37)35-20-26(32-33-35)16-19-34-17-14-23(15-18-34)29(21-6-10-24(30)11-7-21)22-8-12-25(31)13-9-22/h2-13,20H,14-19H2,1H3. The summed E-state index contributed by atoms with van der Waals surface area (Å²) in [7, 11) is -2.51. The number of para-hydroxylation sites is 1. The van der Waals surface area contributed by atoms with Gasteiger partial charge in [-0.2, -0.15) is 8.42 Å². The zero-order valence-electron chi connectivity index (χ0n) is 21.4. The van der Waals surface area contributed by atoms with Crippen molar-refractivity contribution in [3.63, 3.8) is 0 Å². The normalized spacial score (nSPS) is 14.4. The molecule has 0 saturated carbocycles. The van der Waals surface area contributed by atoms with E-state index in [0.29, 0.717) is 18.7 Å². The van der Waals surface area contributed by atoms with E-state index in [0.717, 1.165) is 46.7 Å². The average Bonchev–Trinajstić information content (AvgIpc) is 3.45. The molecule has 0 unspecified atom stereocenters. The molecule has 0 N–H and O–H groups in total. The third kappa shape index (κ3) is 5.91. The Morgan fingerprint density at radius 3 is 2.08 bits per heavy atom. The highest BCUT2D eigenvalue weighted by molar-refractivity contribution is 7.90. The lowest BCUT2D eigenvalue weighted by atomic mass is 9.88. The van der Waals surface area contributed by atoms with Crippen molar-refractivity contribution in [2.75, 3.05) is 26.7 Å². The van der Waals surface area contributed by atoms with Gasteiger partial charge in [-0.15, -0.1) is 9.19 Å². The molecule has 1 aromatic heterocycles. The van der Waals surface area contributed by atoms with E-state index in [2.05, 4.69) is 15.2 Å². The van der Waals surface area contributed by atoms with Crippen LogP contribution >= 0.6 is 0 Å². The summed E-state index contributed by atoms with van der Waals surface area (Å²) in [6.45, 7) is 2.30. The summed E-state index contributed by atoms with van der Waals surface area (Å²) in [5.41, 5.74) is 4.63. The second-order valence-electron chi connectivity index (χ2n) is 9.32. The predicted molar refractivity (Wildman–Crippen MR) is 144 cm³/mol. The number of aromatic nitrogens is 3. The van der Waals surface area contributed by atoms with Gasteiger partial charge in [0.15, 0.2) is 0 Å². The molecule has 0 aliphatic carbocycles. The summed E-state index contributed by atoms with van der Waals surface area (Å²) in [4.78, 5) is 2.32. The third-order valence-corrected chi connectivity index (χ3v) is 8.44. The van der Waals surface area contributed by atoms with Gasteiger partial charge in [-0.1, -0.05) is 47.2 Å². The topological polar surface area (TPSA) is 77.3 Å². The molecule has 39 heavy (non-hydrogen) atoms. The maximum atomic E-state index is 13.6. The Kier molecular flexibility index (Phi) is 7.85. The molecule has 202 valence electrons. The molecule has 1 fully saturated rings. The number of hydrogen-bond acceptors (Lipinski definition) is 6. The van der Waals surface area contributed by atoms with Gasteiger partial charge >= 0.3 is 0 Å². The molecule has 1 aliphatic rings. The van der Waals surface area contributed by atoms with Crippen LogP contribution in [0.15, 0.2) is 89.5 Å². The Balaban J connectivity index is 1.27. The minimum absolute atomic E-state index is 0.0254. The third-order valence-electron chi connectivity index (χ3n) is 6.88. The van der Waals surface area contributed by atoms with E-state index in [-0.39, 0.29) is 22.3 Å². The number of ether oxygens (including phenoxy) is 1. The predicted octanol–water partition coefficient (Wildman–Crippen LogP) is 4.94. The highest BCUT2D eigenvalue weighted by atomic mass is 32.2.